The first kappa shape index (κ1) is 23.8. The Balaban J connectivity index is 0.000000323. The van der Waals surface area contributed by atoms with E-state index in [1.165, 1.54) is 32.1 Å². The first-order valence-corrected chi connectivity index (χ1v) is 11.0. The third-order valence-corrected chi connectivity index (χ3v) is 5.63. The van der Waals surface area contributed by atoms with Crippen molar-refractivity contribution in [2.24, 2.45) is 5.41 Å². The van der Waals surface area contributed by atoms with Crippen molar-refractivity contribution >= 4 is 34.5 Å². The lowest BCUT2D eigenvalue weighted by Gasteiger charge is -2.28. The zero-order valence-electron chi connectivity index (χ0n) is 18.9. The lowest BCUT2D eigenvalue weighted by atomic mass is 9.78. The number of amides is 1. The Morgan fingerprint density at radius 1 is 1.12 bits per heavy atom. The molecule has 1 saturated carbocycles. The van der Waals surface area contributed by atoms with E-state index < -0.39 is 18.4 Å². The van der Waals surface area contributed by atoms with Crippen LogP contribution in [0.2, 0.25) is 0 Å². The number of nitriles is 1. The summed E-state index contributed by atoms with van der Waals surface area (Å²) < 4.78 is 0. The van der Waals surface area contributed by atoms with Crippen molar-refractivity contribution in [3.8, 4) is 6.07 Å². The number of carbonyl (C=O) groups is 2. The minimum Gasteiger partial charge on any atom is -0.480 e. The molecule has 0 atom stereocenters. The summed E-state index contributed by atoms with van der Waals surface area (Å²) in [5, 5.41) is 22.8. The minimum atomic E-state index is -1.11. The van der Waals surface area contributed by atoms with Gasteiger partial charge in [-0.15, -0.1) is 0 Å². The highest BCUT2D eigenvalue weighted by molar-refractivity contribution is 5.98. The Kier molecular flexibility index (Phi) is 7.67. The molecule has 0 unspecified atom stereocenters. The number of nitrogens with zero attached hydrogens (tertiary/aromatic N) is 2. The van der Waals surface area contributed by atoms with Crippen molar-refractivity contribution in [2.45, 2.75) is 46.0 Å². The van der Waals surface area contributed by atoms with Crippen LogP contribution in [0.4, 0.5) is 11.6 Å². The molecular weight excluding hydrogens is 418 g/mol. The Bertz CT molecular complexity index is 1150. The van der Waals surface area contributed by atoms with Crippen molar-refractivity contribution in [1.29, 1.82) is 5.26 Å². The molecule has 0 spiro atoms. The Morgan fingerprint density at radius 2 is 1.82 bits per heavy atom. The van der Waals surface area contributed by atoms with Crippen LogP contribution in [-0.2, 0) is 4.79 Å². The fourth-order valence-electron chi connectivity index (χ4n) is 3.74. The molecule has 33 heavy (non-hydrogen) atoms. The van der Waals surface area contributed by atoms with Gasteiger partial charge in [0.1, 0.15) is 6.54 Å². The number of carbonyl (C=O) groups excluding carboxylic acids is 1. The minimum absolute atomic E-state index is 0.335. The van der Waals surface area contributed by atoms with Crippen LogP contribution in [0.15, 0.2) is 42.5 Å². The summed E-state index contributed by atoms with van der Waals surface area (Å²) in [7, 11) is 0. The molecule has 2 aromatic carbocycles. The van der Waals surface area contributed by atoms with E-state index in [2.05, 4.69) is 34.4 Å². The quantitative estimate of drug-likeness (QED) is 0.437. The monoisotopic (exact) mass is 447 g/mol. The number of aliphatic carboxylic acids is 1. The molecule has 1 amide bonds. The Hall–Kier alpha value is -3.86. The fraction of sp³-hybridized carbons (Fsp3) is 0.360. The number of hydrogen-bond donors (Lipinski definition) is 4. The Labute approximate surface area is 193 Å². The van der Waals surface area contributed by atoms with E-state index in [1.807, 2.05) is 6.07 Å². The first-order valence-electron chi connectivity index (χ1n) is 11.0. The SMILES string of the molecule is CC1(C)CCCCC1.N#Cc1ccc(Nc2nc3ccc(C(=O)NCC(=O)O)cc3[nH]2)cc1. The molecule has 1 aliphatic carbocycles. The molecule has 3 aromatic rings. The van der Waals surface area contributed by atoms with E-state index in [9.17, 15) is 9.59 Å². The number of nitrogens with one attached hydrogen (secondary N) is 3. The highest BCUT2D eigenvalue weighted by Crippen LogP contribution is 2.34. The number of aromatic amines is 1. The largest absolute Gasteiger partial charge is 0.480 e. The lowest BCUT2D eigenvalue weighted by Crippen LogP contribution is -2.29. The molecule has 1 heterocycles. The number of rotatable bonds is 5. The molecule has 0 aliphatic heterocycles. The number of anilines is 2. The van der Waals surface area contributed by atoms with Crippen LogP contribution in [0.25, 0.3) is 11.0 Å². The number of H-pyrrole nitrogens is 1. The molecular formula is C25H29N5O3. The van der Waals surface area contributed by atoms with Gasteiger partial charge in [0, 0.05) is 11.3 Å². The number of hydrogen-bond acceptors (Lipinski definition) is 5. The molecule has 0 saturated heterocycles. The summed E-state index contributed by atoms with van der Waals surface area (Å²) in [5.41, 5.74) is 3.63. The number of fused-ring (bicyclic) bond motifs is 1. The Morgan fingerprint density at radius 3 is 2.39 bits per heavy atom. The zero-order valence-corrected chi connectivity index (χ0v) is 18.9. The molecule has 1 aromatic heterocycles. The highest BCUT2D eigenvalue weighted by Gasteiger charge is 2.20. The predicted molar refractivity (Wildman–Crippen MR) is 127 cm³/mol. The van der Waals surface area contributed by atoms with E-state index >= 15 is 0 Å². The molecule has 4 N–H and O–H groups in total. The van der Waals surface area contributed by atoms with Gasteiger partial charge in [0.25, 0.3) is 5.91 Å². The number of aromatic nitrogens is 2. The van der Waals surface area contributed by atoms with Crippen molar-refractivity contribution in [2.75, 3.05) is 11.9 Å². The average molecular weight is 448 g/mol. The number of imidazole rings is 1. The zero-order chi connectivity index (χ0) is 23.8. The van der Waals surface area contributed by atoms with Gasteiger partial charge in [-0.1, -0.05) is 33.1 Å². The van der Waals surface area contributed by atoms with Gasteiger partial charge in [0.05, 0.1) is 22.7 Å². The van der Waals surface area contributed by atoms with Gasteiger partial charge in [0.15, 0.2) is 0 Å². The van der Waals surface area contributed by atoms with E-state index in [4.69, 9.17) is 10.4 Å². The van der Waals surface area contributed by atoms with Gasteiger partial charge in [-0.3, -0.25) is 9.59 Å². The van der Waals surface area contributed by atoms with E-state index in [-0.39, 0.29) is 0 Å². The van der Waals surface area contributed by atoms with E-state index in [0.717, 1.165) is 5.69 Å². The average Bonchev–Trinajstić information content (AvgIpc) is 3.19. The smallest absolute Gasteiger partial charge is 0.322 e. The van der Waals surface area contributed by atoms with Gasteiger partial charge >= 0.3 is 5.97 Å². The van der Waals surface area contributed by atoms with E-state index in [0.29, 0.717) is 33.5 Å². The molecule has 0 radical (unpaired) electrons. The third-order valence-electron chi connectivity index (χ3n) is 5.63. The summed E-state index contributed by atoms with van der Waals surface area (Å²) in [6.45, 7) is 4.32. The van der Waals surface area contributed by atoms with Gasteiger partial charge in [-0.25, -0.2) is 4.98 Å². The topological polar surface area (TPSA) is 131 Å². The molecule has 172 valence electrons. The van der Waals surface area contributed by atoms with Crippen LogP contribution in [0.1, 0.15) is 61.9 Å². The van der Waals surface area contributed by atoms with Crippen molar-refractivity contribution in [3.63, 3.8) is 0 Å². The number of carboxylic acids is 1. The third kappa shape index (κ3) is 7.07. The van der Waals surface area contributed by atoms with Crippen LogP contribution in [-0.4, -0.2) is 33.5 Å². The van der Waals surface area contributed by atoms with Gasteiger partial charge in [-0.2, -0.15) is 5.26 Å². The standard InChI is InChI=1S/C17H13N5O3.C8H16/c18-8-10-1-4-12(5-2-10)20-17-21-13-6-3-11(7-14(13)22-17)16(25)19-9-15(23)24;1-8(2)6-4-3-5-7-8/h1-7H,9H2,(H,19,25)(H,23,24)(H2,20,21,22);3-7H2,1-2H3. The molecule has 1 aliphatic rings. The van der Waals surface area contributed by atoms with Gasteiger partial charge in [0.2, 0.25) is 5.95 Å². The van der Waals surface area contributed by atoms with Crippen LogP contribution < -0.4 is 10.6 Å². The van der Waals surface area contributed by atoms with Crippen LogP contribution in [0.5, 0.6) is 0 Å². The number of benzene rings is 2. The maximum Gasteiger partial charge on any atom is 0.322 e. The van der Waals surface area contributed by atoms with Gasteiger partial charge < -0.3 is 20.7 Å². The second kappa shape index (κ2) is 10.6. The molecule has 1 fully saturated rings. The molecule has 8 heteroatoms. The van der Waals surface area contributed by atoms with Gasteiger partial charge in [-0.05, 0) is 60.7 Å². The first-order chi connectivity index (χ1) is 15.8. The lowest BCUT2D eigenvalue weighted by molar-refractivity contribution is -0.135. The predicted octanol–water partition coefficient (Wildman–Crippen LogP) is 4.97. The van der Waals surface area contributed by atoms with Crippen LogP contribution in [0.3, 0.4) is 0 Å². The highest BCUT2D eigenvalue weighted by atomic mass is 16.4. The second-order valence-electron chi connectivity index (χ2n) is 8.93. The maximum atomic E-state index is 11.9. The normalized spacial score (nSPS) is 14.5. The summed E-state index contributed by atoms with van der Waals surface area (Å²) in [5.74, 6) is -1.09. The van der Waals surface area contributed by atoms with Crippen molar-refractivity contribution < 1.29 is 14.7 Å². The number of carboxylic acid groups (broad SMARTS) is 1. The van der Waals surface area contributed by atoms with Crippen molar-refractivity contribution in [1.82, 2.24) is 15.3 Å². The summed E-state index contributed by atoms with van der Waals surface area (Å²) in [6, 6.07) is 13.8. The molecule has 0 bridgehead atoms. The van der Waals surface area contributed by atoms with Crippen LogP contribution in [0, 0.1) is 16.7 Å². The second-order valence-corrected chi connectivity index (χ2v) is 8.93. The van der Waals surface area contributed by atoms with Crippen molar-refractivity contribution in [3.05, 3.63) is 53.6 Å². The fourth-order valence-corrected chi connectivity index (χ4v) is 3.74. The summed E-state index contributed by atoms with van der Waals surface area (Å²) in [4.78, 5) is 29.8. The summed E-state index contributed by atoms with van der Waals surface area (Å²) >= 11 is 0. The van der Waals surface area contributed by atoms with E-state index in [1.54, 1.807) is 42.5 Å². The summed E-state index contributed by atoms with van der Waals surface area (Å²) in [6.07, 6.45) is 7.31. The molecule has 8 nitrogen and oxygen atoms in total. The maximum absolute atomic E-state index is 11.9. The van der Waals surface area contributed by atoms with Crippen LogP contribution >= 0.6 is 0 Å². The molecule has 4 rings (SSSR count).